The standard InChI is InChI=1S/C15H12ClFO/c16-12-5-6-13(14(17)7-12)15(18)8-10-3-1-2-4-11(10)9-15/h1-7,18H,8-9H2. The third kappa shape index (κ3) is 1.82. The minimum Gasteiger partial charge on any atom is -0.384 e. The second-order valence-electron chi connectivity index (χ2n) is 4.78. The van der Waals surface area contributed by atoms with Gasteiger partial charge in [0.1, 0.15) is 11.4 Å². The zero-order chi connectivity index (χ0) is 12.8. The number of rotatable bonds is 1. The lowest BCUT2D eigenvalue weighted by molar-refractivity contribution is 0.0445. The second kappa shape index (κ2) is 4.08. The van der Waals surface area contributed by atoms with Crippen molar-refractivity contribution >= 4 is 11.6 Å². The normalized spacial score (nSPS) is 16.6. The van der Waals surface area contributed by atoms with Gasteiger partial charge in [-0.2, -0.15) is 0 Å². The number of hydrogen-bond acceptors (Lipinski definition) is 1. The van der Waals surface area contributed by atoms with Crippen LogP contribution in [0.5, 0.6) is 0 Å². The van der Waals surface area contributed by atoms with Gasteiger partial charge in [-0.05, 0) is 23.3 Å². The molecule has 1 N–H and O–H groups in total. The van der Waals surface area contributed by atoms with Crippen LogP contribution in [0.4, 0.5) is 4.39 Å². The smallest absolute Gasteiger partial charge is 0.130 e. The topological polar surface area (TPSA) is 20.2 Å². The first-order valence-electron chi connectivity index (χ1n) is 5.83. The molecule has 0 aromatic heterocycles. The molecule has 0 spiro atoms. The number of hydrogen-bond donors (Lipinski definition) is 1. The Labute approximate surface area is 110 Å². The predicted octanol–water partition coefficient (Wildman–Crippen LogP) is 3.47. The van der Waals surface area contributed by atoms with Gasteiger partial charge in [0, 0.05) is 23.4 Å². The molecule has 1 aliphatic rings. The molecule has 0 radical (unpaired) electrons. The van der Waals surface area contributed by atoms with Crippen LogP contribution in [0.15, 0.2) is 42.5 Å². The Morgan fingerprint density at radius 3 is 2.22 bits per heavy atom. The highest BCUT2D eigenvalue weighted by Gasteiger charge is 2.38. The molecule has 0 fully saturated rings. The molecule has 2 aromatic rings. The quantitative estimate of drug-likeness (QED) is 0.834. The van der Waals surface area contributed by atoms with Gasteiger partial charge in [0.15, 0.2) is 0 Å². The van der Waals surface area contributed by atoms with Crippen molar-refractivity contribution in [3.8, 4) is 0 Å². The largest absolute Gasteiger partial charge is 0.384 e. The zero-order valence-corrected chi connectivity index (χ0v) is 10.4. The maximum Gasteiger partial charge on any atom is 0.130 e. The maximum atomic E-state index is 13.9. The predicted molar refractivity (Wildman–Crippen MR) is 69.2 cm³/mol. The van der Waals surface area contributed by atoms with Gasteiger partial charge in [0.2, 0.25) is 0 Å². The van der Waals surface area contributed by atoms with Crippen LogP contribution < -0.4 is 0 Å². The lowest BCUT2D eigenvalue weighted by Crippen LogP contribution is -2.27. The molecule has 18 heavy (non-hydrogen) atoms. The first-order valence-corrected chi connectivity index (χ1v) is 6.21. The van der Waals surface area contributed by atoms with Crippen LogP contribution in [0.25, 0.3) is 0 Å². The van der Waals surface area contributed by atoms with Crippen LogP contribution in [0.3, 0.4) is 0 Å². The van der Waals surface area contributed by atoms with E-state index in [1.165, 1.54) is 6.07 Å². The Morgan fingerprint density at radius 1 is 1.06 bits per heavy atom. The first kappa shape index (κ1) is 11.7. The average molecular weight is 263 g/mol. The van der Waals surface area contributed by atoms with Crippen LogP contribution in [0, 0.1) is 5.82 Å². The molecule has 0 atom stereocenters. The molecule has 0 saturated carbocycles. The molecule has 3 rings (SSSR count). The fourth-order valence-electron chi connectivity index (χ4n) is 2.65. The average Bonchev–Trinajstić information content (AvgIpc) is 2.65. The van der Waals surface area contributed by atoms with E-state index >= 15 is 0 Å². The summed E-state index contributed by atoms with van der Waals surface area (Å²) >= 11 is 5.74. The molecule has 3 heteroatoms. The summed E-state index contributed by atoms with van der Waals surface area (Å²) in [7, 11) is 0. The van der Waals surface area contributed by atoms with Gasteiger partial charge in [0.05, 0.1) is 0 Å². The van der Waals surface area contributed by atoms with Crippen molar-refractivity contribution in [2.75, 3.05) is 0 Å². The van der Waals surface area contributed by atoms with Gasteiger partial charge in [-0.3, -0.25) is 0 Å². The summed E-state index contributed by atoms with van der Waals surface area (Å²) < 4.78 is 13.9. The van der Waals surface area contributed by atoms with Gasteiger partial charge in [-0.25, -0.2) is 4.39 Å². The molecule has 2 aromatic carbocycles. The summed E-state index contributed by atoms with van der Waals surface area (Å²) in [6.45, 7) is 0. The van der Waals surface area contributed by atoms with Crippen LogP contribution in [-0.2, 0) is 18.4 Å². The molecule has 0 amide bonds. The molecular formula is C15H12ClFO. The first-order chi connectivity index (χ1) is 8.58. The van der Waals surface area contributed by atoms with E-state index in [-0.39, 0.29) is 0 Å². The highest BCUT2D eigenvalue weighted by atomic mass is 35.5. The van der Waals surface area contributed by atoms with E-state index in [1.54, 1.807) is 12.1 Å². The van der Waals surface area contributed by atoms with Crippen molar-refractivity contribution in [1.82, 2.24) is 0 Å². The van der Waals surface area contributed by atoms with Crippen LogP contribution in [0.1, 0.15) is 16.7 Å². The minimum absolute atomic E-state index is 0.322. The molecular weight excluding hydrogens is 251 g/mol. The second-order valence-corrected chi connectivity index (χ2v) is 5.21. The summed E-state index contributed by atoms with van der Waals surface area (Å²) in [5.41, 5.74) is 1.32. The Balaban J connectivity index is 2.04. The van der Waals surface area contributed by atoms with Gasteiger partial charge in [0.25, 0.3) is 0 Å². The summed E-state index contributed by atoms with van der Waals surface area (Å²) in [6.07, 6.45) is 0.892. The van der Waals surface area contributed by atoms with Crippen LogP contribution in [-0.4, -0.2) is 5.11 Å². The molecule has 1 aliphatic carbocycles. The Bertz CT molecular complexity index is 584. The van der Waals surface area contributed by atoms with Crippen molar-refractivity contribution in [3.05, 3.63) is 70.0 Å². The number of fused-ring (bicyclic) bond motifs is 1. The molecule has 0 heterocycles. The Hall–Kier alpha value is -1.38. The molecule has 1 nitrogen and oxygen atoms in total. The van der Waals surface area contributed by atoms with Crippen molar-refractivity contribution < 1.29 is 9.50 Å². The zero-order valence-electron chi connectivity index (χ0n) is 9.66. The monoisotopic (exact) mass is 262 g/mol. The summed E-state index contributed by atoms with van der Waals surface area (Å²) in [4.78, 5) is 0. The fourth-order valence-corrected chi connectivity index (χ4v) is 2.81. The van der Waals surface area contributed by atoms with E-state index in [2.05, 4.69) is 0 Å². The van der Waals surface area contributed by atoms with Crippen molar-refractivity contribution in [2.45, 2.75) is 18.4 Å². The Morgan fingerprint density at radius 2 is 1.67 bits per heavy atom. The fraction of sp³-hybridized carbons (Fsp3) is 0.200. The summed E-state index contributed by atoms with van der Waals surface area (Å²) in [6, 6.07) is 12.2. The maximum absolute atomic E-state index is 13.9. The number of halogens is 2. The highest BCUT2D eigenvalue weighted by molar-refractivity contribution is 6.30. The van der Waals surface area contributed by atoms with E-state index in [4.69, 9.17) is 11.6 Å². The number of benzene rings is 2. The molecule has 0 unspecified atom stereocenters. The van der Waals surface area contributed by atoms with E-state index in [9.17, 15) is 9.50 Å². The lowest BCUT2D eigenvalue weighted by Gasteiger charge is -2.23. The van der Waals surface area contributed by atoms with E-state index in [1.807, 2.05) is 24.3 Å². The SMILES string of the molecule is OC1(c2ccc(Cl)cc2F)Cc2ccccc2C1. The Kier molecular flexibility index (Phi) is 2.65. The van der Waals surface area contributed by atoms with Crippen molar-refractivity contribution in [3.63, 3.8) is 0 Å². The number of aliphatic hydroxyl groups is 1. The molecule has 0 aliphatic heterocycles. The highest BCUT2D eigenvalue weighted by Crippen LogP contribution is 2.39. The lowest BCUT2D eigenvalue weighted by atomic mass is 9.90. The third-order valence-electron chi connectivity index (χ3n) is 3.52. The minimum atomic E-state index is -1.15. The van der Waals surface area contributed by atoms with E-state index in [0.717, 1.165) is 11.1 Å². The van der Waals surface area contributed by atoms with Crippen molar-refractivity contribution in [1.29, 1.82) is 0 Å². The van der Waals surface area contributed by atoms with Gasteiger partial charge in [-0.15, -0.1) is 0 Å². The molecule has 0 saturated heterocycles. The third-order valence-corrected chi connectivity index (χ3v) is 3.75. The van der Waals surface area contributed by atoms with E-state index < -0.39 is 11.4 Å². The van der Waals surface area contributed by atoms with Crippen LogP contribution >= 0.6 is 11.6 Å². The summed E-state index contributed by atoms with van der Waals surface area (Å²) in [5, 5.41) is 11.0. The van der Waals surface area contributed by atoms with Crippen LogP contribution in [0.2, 0.25) is 5.02 Å². The van der Waals surface area contributed by atoms with Gasteiger partial charge >= 0.3 is 0 Å². The summed E-state index contributed by atoms with van der Waals surface area (Å²) in [5.74, 6) is -0.446. The molecule has 0 bridgehead atoms. The van der Waals surface area contributed by atoms with Gasteiger partial charge < -0.3 is 5.11 Å². The molecule has 92 valence electrons. The van der Waals surface area contributed by atoms with E-state index in [0.29, 0.717) is 23.4 Å². The van der Waals surface area contributed by atoms with Crippen molar-refractivity contribution in [2.24, 2.45) is 0 Å². The van der Waals surface area contributed by atoms with Gasteiger partial charge in [-0.1, -0.05) is 41.9 Å².